The number of benzene rings is 1. The number of nitrogens with two attached hydrogens (primary N) is 1. The summed E-state index contributed by atoms with van der Waals surface area (Å²) in [5.74, 6) is 0. The second kappa shape index (κ2) is 5.47. The molecule has 0 saturated heterocycles. The average Bonchev–Trinajstić information content (AvgIpc) is 2.31. The van der Waals surface area contributed by atoms with Crippen LogP contribution < -0.4 is 10.6 Å². The fourth-order valence-electron chi connectivity index (χ4n) is 1.11. The van der Waals surface area contributed by atoms with Crippen LogP contribution >= 0.6 is 0 Å². The number of anilines is 2. The minimum Gasteiger partial charge on any atom is -0.399 e. The number of hydrogen-bond acceptors (Lipinski definition) is 4. The molecule has 14 heavy (non-hydrogen) atoms. The lowest BCUT2D eigenvalue weighted by molar-refractivity contribution is 0.281. The van der Waals surface area contributed by atoms with Crippen molar-refractivity contribution in [2.24, 2.45) is 0 Å². The van der Waals surface area contributed by atoms with Gasteiger partial charge in [-0.05, 0) is 24.3 Å². The molecule has 0 aliphatic carbocycles. The van der Waals surface area contributed by atoms with Crippen LogP contribution in [0.3, 0.4) is 0 Å². The van der Waals surface area contributed by atoms with E-state index in [1.165, 1.54) is 4.90 Å². The molecular formula is C10H16N2O2. The van der Waals surface area contributed by atoms with Crippen molar-refractivity contribution >= 4 is 11.4 Å². The number of nitrogen functional groups attached to an aromatic ring is 1. The highest BCUT2D eigenvalue weighted by Gasteiger charge is 2.03. The van der Waals surface area contributed by atoms with Crippen molar-refractivity contribution in [3.63, 3.8) is 0 Å². The second-order valence-electron chi connectivity index (χ2n) is 2.73. The number of hydrogen-bond donors (Lipinski definition) is 3. The Bertz CT molecular complexity index is 311. The minimum atomic E-state index is -0.974. The molecule has 1 aromatic carbocycles. The molecule has 0 saturated carbocycles. The summed E-state index contributed by atoms with van der Waals surface area (Å²) in [6, 6.07) is 6.61. The second-order valence-corrected chi connectivity index (χ2v) is 2.73. The van der Waals surface area contributed by atoms with Crippen molar-refractivity contribution in [2.75, 3.05) is 36.9 Å². The van der Waals surface area contributed by atoms with E-state index in [0.29, 0.717) is 11.4 Å². The molecule has 2 unspecified atom stereocenters. The quantitative estimate of drug-likeness (QED) is 0.585. The predicted molar refractivity (Wildman–Crippen MR) is 57.2 cm³/mol. The molecule has 1 aromatic rings. The Balaban J connectivity index is 2.96. The van der Waals surface area contributed by atoms with Crippen LogP contribution in [0.25, 0.3) is 0 Å². The van der Waals surface area contributed by atoms with Gasteiger partial charge in [0.15, 0.2) is 0 Å². The van der Waals surface area contributed by atoms with Crippen LogP contribution in [0.5, 0.6) is 0 Å². The van der Waals surface area contributed by atoms with E-state index < -0.39 is 26.3 Å². The summed E-state index contributed by atoms with van der Waals surface area (Å²) < 4.78 is 15.2. The van der Waals surface area contributed by atoms with Crippen LogP contribution in [0.2, 0.25) is 0 Å². The molecule has 0 amide bonds. The van der Waals surface area contributed by atoms with Gasteiger partial charge >= 0.3 is 0 Å². The molecular weight excluding hydrogens is 180 g/mol. The highest BCUT2D eigenvalue weighted by molar-refractivity contribution is 5.53. The van der Waals surface area contributed by atoms with E-state index in [1.807, 2.05) is 0 Å². The van der Waals surface area contributed by atoms with Gasteiger partial charge in [-0.2, -0.15) is 0 Å². The average molecular weight is 198 g/mol. The van der Waals surface area contributed by atoms with Gasteiger partial charge < -0.3 is 20.8 Å². The molecule has 0 spiro atoms. The van der Waals surface area contributed by atoms with Gasteiger partial charge in [0.25, 0.3) is 0 Å². The molecule has 0 heterocycles. The Morgan fingerprint density at radius 2 is 1.64 bits per heavy atom. The maximum atomic E-state index is 8.95. The normalized spacial score (nSPS) is 16.7. The fourth-order valence-corrected chi connectivity index (χ4v) is 1.11. The first-order valence-electron chi connectivity index (χ1n) is 5.45. The lowest BCUT2D eigenvalue weighted by atomic mass is 10.2. The molecule has 1 rings (SSSR count). The lowest BCUT2D eigenvalue weighted by Gasteiger charge is -2.22. The standard InChI is InChI=1S/C10H16N2O2/c11-9-1-3-10(4-2-9)12(5-7-13)6-8-14/h1-4,13-14H,5-8,11H2/i5D,6D. The Morgan fingerprint density at radius 3 is 2.07 bits per heavy atom. The van der Waals surface area contributed by atoms with Crippen molar-refractivity contribution in [2.45, 2.75) is 0 Å². The number of aliphatic hydroxyl groups excluding tert-OH is 2. The van der Waals surface area contributed by atoms with Gasteiger partial charge in [0.2, 0.25) is 0 Å². The van der Waals surface area contributed by atoms with E-state index in [2.05, 4.69) is 0 Å². The summed E-state index contributed by atoms with van der Waals surface area (Å²) in [6.45, 7) is -2.75. The van der Waals surface area contributed by atoms with E-state index in [9.17, 15) is 0 Å². The van der Waals surface area contributed by atoms with Gasteiger partial charge in [0.1, 0.15) is 0 Å². The van der Waals surface area contributed by atoms with Crippen molar-refractivity contribution in [1.82, 2.24) is 0 Å². The highest BCUT2D eigenvalue weighted by Crippen LogP contribution is 2.15. The first-order chi connectivity index (χ1) is 7.60. The van der Waals surface area contributed by atoms with E-state index >= 15 is 0 Å². The SMILES string of the molecule is [2H]C(CO)N(c1ccc(N)cc1)C([2H])CO. The maximum absolute atomic E-state index is 8.95. The number of aliphatic hydroxyl groups is 2. The summed E-state index contributed by atoms with van der Waals surface area (Å²) in [6.07, 6.45) is 0. The van der Waals surface area contributed by atoms with E-state index in [0.717, 1.165) is 0 Å². The Morgan fingerprint density at radius 1 is 1.14 bits per heavy atom. The zero-order valence-electron chi connectivity index (χ0n) is 9.80. The van der Waals surface area contributed by atoms with E-state index in [4.69, 9.17) is 18.7 Å². The van der Waals surface area contributed by atoms with Crippen molar-refractivity contribution < 1.29 is 13.0 Å². The zero-order valence-corrected chi connectivity index (χ0v) is 7.80. The molecule has 2 atom stereocenters. The predicted octanol–water partition coefficient (Wildman–Crippen LogP) is 0.0598. The molecule has 4 nitrogen and oxygen atoms in total. The van der Waals surface area contributed by atoms with Gasteiger partial charge in [0, 0.05) is 24.4 Å². The lowest BCUT2D eigenvalue weighted by Crippen LogP contribution is -2.29. The van der Waals surface area contributed by atoms with Crippen LogP contribution in [0.15, 0.2) is 24.3 Å². The molecule has 0 fully saturated rings. The first-order valence-corrected chi connectivity index (χ1v) is 4.30. The van der Waals surface area contributed by atoms with Crippen molar-refractivity contribution in [3.05, 3.63) is 24.3 Å². The third-order valence-electron chi connectivity index (χ3n) is 1.75. The molecule has 0 radical (unpaired) electrons. The van der Waals surface area contributed by atoms with Crippen LogP contribution in [-0.4, -0.2) is 36.5 Å². The summed E-state index contributed by atoms with van der Waals surface area (Å²) in [5.41, 5.74) is 6.70. The van der Waals surface area contributed by atoms with Gasteiger partial charge in [-0.25, -0.2) is 0 Å². The van der Waals surface area contributed by atoms with Gasteiger partial charge in [-0.1, -0.05) is 0 Å². The third kappa shape index (κ3) is 2.90. The first kappa shape index (κ1) is 8.08. The number of nitrogens with zero attached hydrogens (tertiary/aromatic N) is 1. The van der Waals surface area contributed by atoms with E-state index in [-0.39, 0.29) is 0 Å². The topological polar surface area (TPSA) is 69.7 Å². The van der Waals surface area contributed by atoms with Crippen molar-refractivity contribution in [3.8, 4) is 0 Å². The minimum absolute atomic E-state index is 0.403. The number of rotatable bonds is 5. The largest absolute Gasteiger partial charge is 0.399 e. The van der Waals surface area contributed by atoms with Crippen LogP contribution in [0.1, 0.15) is 2.74 Å². The molecule has 4 heteroatoms. The highest BCUT2D eigenvalue weighted by atomic mass is 16.3. The summed E-state index contributed by atoms with van der Waals surface area (Å²) in [4.78, 5) is 1.32. The van der Waals surface area contributed by atoms with Crippen molar-refractivity contribution in [1.29, 1.82) is 0 Å². The van der Waals surface area contributed by atoms with Gasteiger partial charge in [0.05, 0.1) is 16.0 Å². The fraction of sp³-hybridized carbons (Fsp3) is 0.400. The smallest absolute Gasteiger partial charge is 0.0606 e. The Hall–Kier alpha value is -1.26. The zero-order chi connectivity index (χ0) is 12.1. The third-order valence-corrected chi connectivity index (χ3v) is 1.75. The molecule has 78 valence electrons. The van der Waals surface area contributed by atoms with E-state index in [1.54, 1.807) is 24.3 Å². The van der Waals surface area contributed by atoms with Gasteiger partial charge in [-0.3, -0.25) is 0 Å². The summed E-state index contributed by atoms with van der Waals surface area (Å²) >= 11 is 0. The Kier molecular flexibility index (Phi) is 3.16. The monoisotopic (exact) mass is 198 g/mol. The molecule has 0 aliphatic rings. The Labute approximate surface area is 86.4 Å². The maximum Gasteiger partial charge on any atom is 0.0606 e. The van der Waals surface area contributed by atoms with Crippen LogP contribution in [0.4, 0.5) is 11.4 Å². The molecule has 0 aliphatic heterocycles. The van der Waals surface area contributed by atoms with Crippen LogP contribution in [0, 0.1) is 0 Å². The molecule has 0 bridgehead atoms. The molecule has 4 N–H and O–H groups in total. The van der Waals surface area contributed by atoms with Crippen LogP contribution in [-0.2, 0) is 0 Å². The molecule has 0 aromatic heterocycles. The summed E-state index contributed by atoms with van der Waals surface area (Å²) in [7, 11) is 0. The van der Waals surface area contributed by atoms with Gasteiger partial charge in [-0.15, -0.1) is 0 Å². The summed E-state index contributed by atoms with van der Waals surface area (Å²) in [5, 5.41) is 17.9.